The van der Waals surface area contributed by atoms with Crippen LogP contribution in [0.25, 0.3) is 0 Å². The SMILES string of the molecule is CCCNCC(C(C)C)N(CC)CCCN(CC)CC. The van der Waals surface area contributed by atoms with E-state index in [4.69, 9.17) is 0 Å². The molecular formula is C17H39N3. The van der Waals surface area contributed by atoms with Crippen LogP contribution in [0.2, 0.25) is 0 Å². The summed E-state index contributed by atoms with van der Waals surface area (Å²) in [4.78, 5) is 5.18. The average Bonchev–Trinajstić information content (AvgIpc) is 2.45. The zero-order valence-electron chi connectivity index (χ0n) is 14.9. The highest BCUT2D eigenvalue weighted by atomic mass is 15.2. The summed E-state index contributed by atoms with van der Waals surface area (Å²) in [6, 6.07) is 0.670. The topological polar surface area (TPSA) is 18.5 Å². The van der Waals surface area contributed by atoms with Gasteiger partial charge in [-0.2, -0.15) is 0 Å². The predicted octanol–water partition coefficient (Wildman–Crippen LogP) is 3.06. The van der Waals surface area contributed by atoms with Crippen LogP contribution in [0, 0.1) is 5.92 Å². The van der Waals surface area contributed by atoms with Crippen molar-refractivity contribution in [3.63, 3.8) is 0 Å². The van der Waals surface area contributed by atoms with Crippen molar-refractivity contribution in [2.75, 3.05) is 45.8 Å². The summed E-state index contributed by atoms with van der Waals surface area (Å²) in [5.74, 6) is 0.716. The maximum atomic E-state index is 3.60. The van der Waals surface area contributed by atoms with Crippen molar-refractivity contribution in [1.82, 2.24) is 15.1 Å². The van der Waals surface area contributed by atoms with Gasteiger partial charge in [0.05, 0.1) is 0 Å². The number of likely N-dealkylation sites (N-methyl/N-ethyl adjacent to an activating group) is 1. The lowest BCUT2D eigenvalue weighted by Crippen LogP contribution is -2.46. The molecule has 1 unspecified atom stereocenters. The zero-order valence-corrected chi connectivity index (χ0v) is 14.9. The molecule has 0 radical (unpaired) electrons. The van der Waals surface area contributed by atoms with Crippen molar-refractivity contribution in [1.29, 1.82) is 0 Å². The fraction of sp³-hybridized carbons (Fsp3) is 1.00. The molecule has 0 spiro atoms. The van der Waals surface area contributed by atoms with Gasteiger partial charge in [-0.25, -0.2) is 0 Å². The molecule has 0 rings (SSSR count). The zero-order chi connectivity index (χ0) is 15.4. The van der Waals surface area contributed by atoms with Crippen LogP contribution in [0.4, 0.5) is 0 Å². The molecule has 0 aromatic rings. The monoisotopic (exact) mass is 285 g/mol. The van der Waals surface area contributed by atoms with Crippen LogP contribution in [0.3, 0.4) is 0 Å². The van der Waals surface area contributed by atoms with E-state index in [0.717, 1.165) is 19.6 Å². The highest BCUT2D eigenvalue weighted by Crippen LogP contribution is 2.11. The third-order valence-corrected chi connectivity index (χ3v) is 4.24. The minimum absolute atomic E-state index is 0.670. The summed E-state index contributed by atoms with van der Waals surface area (Å²) in [6.07, 6.45) is 2.51. The Bertz CT molecular complexity index is 202. The number of hydrogen-bond acceptors (Lipinski definition) is 3. The van der Waals surface area contributed by atoms with Crippen molar-refractivity contribution in [2.24, 2.45) is 5.92 Å². The third-order valence-electron chi connectivity index (χ3n) is 4.24. The van der Waals surface area contributed by atoms with E-state index in [-0.39, 0.29) is 0 Å². The fourth-order valence-corrected chi connectivity index (χ4v) is 2.81. The van der Waals surface area contributed by atoms with Crippen molar-refractivity contribution in [3.05, 3.63) is 0 Å². The Kier molecular flexibility index (Phi) is 12.5. The van der Waals surface area contributed by atoms with Crippen molar-refractivity contribution in [3.8, 4) is 0 Å². The maximum absolute atomic E-state index is 3.60. The van der Waals surface area contributed by atoms with Gasteiger partial charge in [0.1, 0.15) is 0 Å². The Balaban J connectivity index is 4.21. The van der Waals surface area contributed by atoms with Crippen LogP contribution < -0.4 is 5.32 Å². The van der Waals surface area contributed by atoms with E-state index < -0.39 is 0 Å². The summed E-state index contributed by atoms with van der Waals surface area (Å²) >= 11 is 0. The first kappa shape index (κ1) is 19.9. The van der Waals surface area contributed by atoms with E-state index in [1.807, 2.05) is 0 Å². The van der Waals surface area contributed by atoms with Gasteiger partial charge in [-0.3, -0.25) is 4.90 Å². The summed E-state index contributed by atoms with van der Waals surface area (Å²) in [5, 5.41) is 3.60. The quantitative estimate of drug-likeness (QED) is 0.525. The molecule has 0 aromatic heterocycles. The second kappa shape index (κ2) is 12.6. The van der Waals surface area contributed by atoms with Crippen LogP contribution >= 0.6 is 0 Å². The Morgan fingerprint density at radius 2 is 1.55 bits per heavy atom. The minimum atomic E-state index is 0.670. The first-order chi connectivity index (χ1) is 9.60. The first-order valence-corrected chi connectivity index (χ1v) is 8.77. The smallest absolute Gasteiger partial charge is 0.0243 e. The lowest BCUT2D eigenvalue weighted by Gasteiger charge is -2.34. The van der Waals surface area contributed by atoms with E-state index in [1.165, 1.54) is 39.0 Å². The summed E-state index contributed by atoms with van der Waals surface area (Å²) in [7, 11) is 0. The van der Waals surface area contributed by atoms with Gasteiger partial charge in [-0.15, -0.1) is 0 Å². The highest BCUT2D eigenvalue weighted by molar-refractivity contribution is 4.77. The highest BCUT2D eigenvalue weighted by Gasteiger charge is 2.19. The standard InChI is InChI=1S/C17H39N3/c1-7-12-18-15-17(16(5)6)20(10-4)14-11-13-19(8-2)9-3/h16-18H,7-15H2,1-6H3. The molecule has 0 heterocycles. The normalized spacial score (nSPS) is 13.7. The fourth-order valence-electron chi connectivity index (χ4n) is 2.81. The van der Waals surface area contributed by atoms with Crippen molar-refractivity contribution < 1.29 is 0 Å². The van der Waals surface area contributed by atoms with E-state index in [1.54, 1.807) is 0 Å². The molecule has 0 fully saturated rings. The van der Waals surface area contributed by atoms with Crippen LogP contribution in [0.15, 0.2) is 0 Å². The van der Waals surface area contributed by atoms with E-state index in [2.05, 4.69) is 56.7 Å². The van der Waals surface area contributed by atoms with Gasteiger partial charge in [0.2, 0.25) is 0 Å². The Morgan fingerprint density at radius 1 is 0.900 bits per heavy atom. The third kappa shape index (κ3) is 8.23. The van der Waals surface area contributed by atoms with E-state index in [0.29, 0.717) is 12.0 Å². The van der Waals surface area contributed by atoms with E-state index >= 15 is 0 Å². The van der Waals surface area contributed by atoms with Gasteiger partial charge >= 0.3 is 0 Å². The molecule has 0 amide bonds. The van der Waals surface area contributed by atoms with Gasteiger partial charge in [-0.05, 0) is 58.0 Å². The molecule has 0 saturated heterocycles. The minimum Gasteiger partial charge on any atom is -0.315 e. The lowest BCUT2D eigenvalue weighted by molar-refractivity contribution is 0.149. The van der Waals surface area contributed by atoms with E-state index in [9.17, 15) is 0 Å². The molecule has 0 bridgehead atoms. The molecule has 0 aliphatic carbocycles. The van der Waals surface area contributed by atoms with Gasteiger partial charge in [0.15, 0.2) is 0 Å². The van der Waals surface area contributed by atoms with Crippen molar-refractivity contribution >= 4 is 0 Å². The Labute approximate surface area is 128 Å². The van der Waals surface area contributed by atoms with Gasteiger partial charge in [0.25, 0.3) is 0 Å². The van der Waals surface area contributed by atoms with Crippen molar-refractivity contribution in [2.45, 2.75) is 60.4 Å². The largest absolute Gasteiger partial charge is 0.315 e. The van der Waals surface area contributed by atoms with Crippen LogP contribution in [-0.2, 0) is 0 Å². The first-order valence-electron chi connectivity index (χ1n) is 8.77. The number of nitrogens with zero attached hydrogens (tertiary/aromatic N) is 2. The van der Waals surface area contributed by atoms with Gasteiger partial charge in [-0.1, -0.05) is 41.5 Å². The summed E-state index contributed by atoms with van der Waals surface area (Å²) in [5.41, 5.74) is 0. The number of hydrogen-bond donors (Lipinski definition) is 1. The molecule has 1 N–H and O–H groups in total. The molecule has 0 saturated carbocycles. The molecule has 0 aliphatic heterocycles. The number of rotatable bonds is 13. The molecule has 3 heteroatoms. The molecular weight excluding hydrogens is 246 g/mol. The maximum Gasteiger partial charge on any atom is 0.0243 e. The van der Waals surface area contributed by atoms with Crippen LogP contribution in [0.5, 0.6) is 0 Å². The summed E-state index contributed by atoms with van der Waals surface area (Å²) < 4.78 is 0. The predicted molar refractivity (Wildman–Crippen MR) is 91.4 cm³/mol. The molecule has 0 aromatic carbocycles. The second-order valence-corrected chi connectivity index (χ2v) is 6.02. The Morgan fingerprint density at radius 3 is 2.00 bits per heavy atom. The lowest BCUT2D eigenvalue weighted by atomic mass is 10.0. The number of nitrogens with one attached hydrogen (secondary N) is 1. The van der Waals surface area contributed by atoms with Crippen LogP contribution in [-0.4, -0.2) is 61.7 Å². The molecule has 122 valence electrons. The molecule has 3 nitrogen and oxygen atoms in total. The van der Waals surface area contributed by atoms with Crippen LogP contribution in [0.1, 0.15) is 54.4 Å². The molecule has 1 atom stereocenters. The second-order valence-electron chi connectivity index (χ2n) is 6.02. The average molecular weight is 286 g/mol. The van der Waals surface area contributed by atoms with Gasteiger partial charge < -0.3 is 10.2 Å². The Hall–Kier alpha value is -0.120. The summed E-state index contributed by atoms with van der Waals surface area (Å²) in [6.45, 7) is 22.0. The molecule has 0 aliphatic rings. The van der Waals surface area contributed by atoms with Gasteiger partial charge in [0, 0.05) is 12.6 Å². The molecule has 20 heavy (non-hydrogen) atoms.